The fourth-order valence-corrected chi connectivity index (χ4v) is 5.30. The van der Waals surface area contributed by atoms with Gasteiger partial charge in [-0.2, -0.15) is 0 Å². The molecule has 4 rings (SSSR count). The lowest BCUT2D eigenvalue weighted by molar-refractivity contribution is -0.141. The minimum absolute atomic E-state index is 0.0147. The molecule has 0 fully saturated rings. The van der Waals surface area contributed by atoms with Crippen LogP contribution in [0, 0.1) is 11.8 Å². The minimum atomic E-state index is -1.17. The second-order valence-corrected chi connectivity index (χ2v) is 11.9. The Labute approximate surface area is 291 Å². The molecule has 0 aromatic heterocycles. The Morgan fingerprint density at radius 2 is 1.40 bits per heavy atom. The molecule has 11 nitrogen and oxygen atoms in total. The molecule has 260 valence electrons. The van der Waals surface area contributed by atoms with Crippen LogP contribution >= 0.6 is 0 Å². The van der Waals surface area contributed by atoms with Crippen LogP contribution in [-0.2, 0) is 46.5 Å². The number of nitrogens with zero attached hydrogens (tertiary/aromatic N) is 1. The fourth-order valence-electron chi connectivity index (χ4n) is 5.30. The zero-order chi connectivity index (χ0) is 35.7. The monoisotopic (exact) mass is 679 g/mol. The normalized spacial score (nSPS) is 12.1. The van der Waals surface area contributed by atoms with Gasteiger partial charge in [-0.3, -0.25) is 24.0 Å². The van der Waals surface area contributed by atoms with Gasteiger partial charge in [-0.15, -0.1) is 0 Å². The predicted octanol–water partition coefficient (Wildman–Crippen LogP) is 3.75. The van der Waals surface area contributed by atoms with Gasteiger partial charge in [0.15, 0.2) is 5.78 Å². The number of carbonyl (C=O) groups excluding carboxylic acids is 5. The molecule has 11 heteroatoms. The van der Waals surface area contributed by atoms with Gasteiger partial charge in [0.2, 0.25) is 17.7 Å². The molecule has 1 atom stereocenters. The molecule has 50 heavy (non-hydrogen) atoms. The fraction of sp³-hybridized carbons (Fsp3) is 0.333. The first kappa shape index (κ1) is 37.2. The number of amides is 3. The van der Waals surface area contributed by atoms with E-state index in [4.69, 9.17) is 4.74 Å². The highest BCUT2D eigenvalue weighted by Gasteiger charge is 2.22. The molecular formula is C39H41N3O8. The molecule has 0 spiro atoms. The van der Waals surface area contributed by atoms with E-state index in [-0.39, 0.29) is 82.2 Å². The molecule has 3 amide bonds. The first-order chi connectivity index (χ1) is 24.2. The number of fused-ring (bicyclic) bond motifs is 2. The summed E-state index contributed by atoms with van der Waals surface area (Å²) < 4.78 is 5.47. The van der Waals surface area contributed by atoms with Crippen LogP contribution in [0.15, 0.2) is 78.9 Å². The van der Waals surface area contributed by atoms with Crippen molar-refractivity contribution in [3.05, 3.63) is 101 Å². The molecule has 1 aliphatic heterocycles. The molecule has 0 saturated heterocycles. The maximum absolute atomic E-state index is 13.3. The summed E-state index contributed by atoms with van der Waals surface area (Å²) in [7, 11) is 0. The highest BCUT2D eigenvalue weighted by atomic mass is 16.5. The number of carboxylic acid groups (broad SMARTS) is 1. The van der Waals surface area contributed by atoms with E-state index in [0.717, 1.165) is 27.9 Å². The average Bonchev–Trinajstić information content (AvgIpc) is 3.11. The lowest BCUT2D eigenvalue weighted by Gasteiger charge is -2.26. The second-order valence-electron chi connectivity index (χ2n) is 11.9. The number of benzene rings is 3. The Morgan fingerprint density at radius 3 is 2.18 bits per heavy atom. The number of carboxylic acids is 1. The van der Waals surface area contributed by atoms with Crippen molar-refractivity contribution in [3.8, 4) is 11.8 Å². The maximum Gasteiger partial charge on any atom is 0.326 e. The highest BCUT2D eigenvalue weighted by Crippen LogP contribution is 2.26. The highest BCUT2D eigenvalue weighted by molar-refractivity contribution is 5.97. The number of ether oxygens (including phenoxy) is 1. The topological polar surface area (TPSA) is 159 Å². The van der Waals surface area contributed by atoms with Gasteiger partial charge >= 0.3 is 5.97 Å². The Morgan fingerprint density at radius 1 is 0.720 bits per heavy atom. The SMILES string of the molecule is O=C(CCCOCCC(=O)NCC(=O)CCC(=O)N[C@@H](Cc1ccccc1)C(=O)O)CCC(=O)N1Cc2ccccc2C#Cc2ccccc21. The summed E-state index contributed by atoms with van der Waals surface area (Å²) >= 11 is 0. The first-order valence-electron chi connectivity index (χ1n) is 16.6. The smallest absolute Gasteiger partial charge is 0.326 e. The summed E-state index contributed by atoms with van der Waals surface area (Å²) in [5.74, 6) is 3.65. The van der Waals surface area contributed by atoms with Gasteiger partial charge in [0, 0.05) is 62.7 Å². The first-order valence-corrected chi connectivity index (χ1v) is 16.6. The Kier molecular flexibility index (Phi) is 14.5. The van der Waals surface area contributed by atoms with Crippen molar-refractivity contribution in [2.45, 2.75) is 64.0 Å². The number of anilines is 1. The van der Waals surface area contributed by atoms with Gasteiger partial charge in [0.05, 0.1) is 25.4 Å². The number of hydrogen-bond acceptors (Lipinski definition) is 7. The molecule has 3 aromatic carbocycles. The van der Waals surface area contributed by atoms with Crippen molar-refractivity contribution >= 4 is 40.9 Å². The van der Waals surface area contributed by atoms with Crippen LogP contribution in [0.4, 0.5) is 5.69 Å². The van der Waals surface area contributed by atoms with Crippen molar-refractivity contribution in [3.63, 3.8) is 0 Å². The number of rotatable bonds is 19. The summed E-state index contributed by atoms with van der Waals surface area (Å²) in [5.41, 5.74) is 4.05. The molecule has 3 N–H and O–H groups in total. The average molecular weight is 680 g/mol. The predicted molar refractivity (Wildman–Crippen MR) is 186 cm³/mol. The number of hydrogen-bond donors (Lipinski definition) is 3. The number of Topliss-reactive ketones (excluding diaryl/α,β-unsaturated/α-hetero) is 2. The van der Waals surface area contributed by atoms with Crippen LogP contribution in [0.3, 0.4) is 0 Å². The van der Waals surface area contributed by atoms with Crippen molar-refractivity contribution < 1.29 is 38.6 Å². The largest absolute Gasteiger partial charge is 0.480 e. The third-order valence-electron chi connectivity index (χ3n) is 8.04. The van der Waals surface area contributed by atoms with E-state index in [0.29, 0.717) is 13.0 Å². The minimum Gasteiger partial charge on any atom is -0.480 e. The standard InChI is InChI=1S/C39H41N3O8/c43-32(19-21-38(47)42-27-31-13-5-4-11-29(31)16-17-30-12-6-7-15-35(30)42)14-8-23-50-24-22-36(45)40-26-33(44)18-20-37(46)41-34(39(48)49)25-28-9-2-1-3-10-28/h1-7,9-13,15,34H,8,14,18-27H2,(H,40,45)(H,41,46)(H,48,49)/t34-/m0/s1. The number of ketones is 2. The molecule has 0 bridgehead atoms. The zero-order valence-corrected chi connectivity index (χ0v) is 27.8. The molecule has 0 unspecified atom stereocenters. The van der Waals surface area contributed by atoms with E-state index in [1.54, 1.807) is 29.2 Å². The van der Waals surface area contributed by atoms with Crippen LogP contribution in [0.25, 0.3) is 0 Å². The van der Waals surface area contributed by atoms with E-state index >= 15 is 0 Å². The van der Waals surface area contributed by atoms with Crippen LogP contribution in [-0.4, -0.2) is 66.2 Å². The van der Waals surface area contributed by atoms with E-state index in [9.17, 15) is 33.9 Å². The van der Waals surface area contributed by atoms with Crippen molar-refractivity contribution in [2.75, 3.05) is 24.7 Å². The second kappa shape index (κ2) is 19.4. The summed E-state index contributed by atoms with van der Waals surface area (Å²) in [6.45, 7) is 0.476. The number of nitrogens with one attached hydrogen (secondary N) is 2. The third-order valence-corrected chi connectivity index (χ3v) is 8.04. The summed E-state index contributed by atoms with van der Waals surface area (Å²) in [6, 6.07) is 23.0. The Hall–Kier alpha value is -5.60. The van der Waals surface area contributed by atoms with Crippen molar-refractivity contribution in [2.24, 2.45) is 0 Å². The summed E-state index contributed by atoms with van der Waals surface area (Å²) in [5, 5.41) is 14.3. The molecule has 0 radical (unpaired) electrons. The molecule has 1 aliphatic rings. The number of aliphatic carboxylic acids is 1. The van der Waals surface area contributed by atoms with E-state index in [1.807, 2.05) is 54.6 Å². The van der Waals surface area contributed by atoms with E-state index in [1.165, 1.54) is 0 Å². The summed E-state index contributed by atoms with van der Waals surface area (Å²) in [4.78, 5) is 75.6. The number of para-hydroxylation sites is 1. The van der Waals surface area contributed by atoms with Gasteiger partial charge in [-0.05, 0) is 35.7 Å². The van der Waals surface area contributed by atoms with Crippen LogP contribution in [0.1, 0.15) is 67.2 Å². The Bertz CT molecular complexity index is 1740. The molecule has 0 aliphatic carbocycles. The zero-order valence-electron chi connectivity index (χ0n) is 27.8. The molecule has 1 heterocycles. The number of carbonyl (C=O) groups is 6. The maximum atomic E-state index is 13.3. The van der Waals surface area contributed by atoms with Gasteiger partial charge in [0.25, 0.3) is 0 Å². The van der Waals surface area contributed by atoms with Crippen molar-refractivity contribution in [1.82, 2.24) is 10.6 Å². The lowest BCUT2D eigenvalue weighted by Crippen LogP contribution is -2.42. The quantitative estimate of drug-likeness (QED) is 0.128. The van der Waals surface area contributed by atoms with E-state index in [2.05, 4.69) is 22.5 Å². The third kappa shape index (κ3) is 12.1. The molecular weight excluding hydrogens is 638 g/mol. The van der Waals surface area contributed by atoms with E-state index < -0.39 is 23.8 Å². The van der Waals surface area contributed by atoms with Crippen LogP contribution in [0.2, 0.25) is 0 Å². The van der Waals surface area contributed by atoms with Crippen LogP contribution in [0.5, 0.6) is 0 Å². The molecule has 3 aromatic rings. The van der Waals surface area contributed by atoms with Gasteiger partial charge < -0.3 is 25.4 Å². The van der Waals surface area contributed by atoms with Crippen LogP contribution < -0.4 is 15.5 Å². The molecule has 0 saturated carbocycles. The van der Waals surface area contributed by atoms with Gasteiger partial charge in [0.1, 0.15) is 11.8 Å². The van der Waals surface area contributed by atoms with Gasteiger partial charge in [-0.25, -0.2) is 4.79 Å². The van der Waals surface area contributed by atoms with Crippen molar-refractivity contribution in [1.29, 1.82) is 0 Å². The van der Waals surface area contributed by atoms with Gasteiger partial charge in [-0.1, -0.05) is 72.5 Å². The lowest BCUT2D eigenvalue weighted by atomic mass is 10.0. The Balaban J connectivity index is 1.06. The summed E-state index contributed by atoms with van der Waals surface area (Å²) in [6.07, 6.45) is 0.659.